The van der Waals surface area contributed by atoms with Crippen molar-refractivity contribution in [3.05, 3.63) is 33.6 Å². The summed E-state index contributed by atoms with van der Waals surface area (Å²) in [6.45, 7) is 12.2. The molecular weight excluding hydrogens is 376 g/mol. The first-order chi connectivity index (χ1) is 13.3. The zero-order chi connectivity index (χ0) is 20.4. The van der Waals surface area contributed by atoms with Gasteiger partial charge < -0.3 is 19.5 Å². The molecule has 0 radical (unpaired) electrons. The van der Waals surface area contributed by atoms with Crippen molar-refractivity contribution < 1.29 is 14.3 Å². The Morgan fingerprint density at radius 1 is 1.18 bits per heavy atom. The molecule has 3 heterocycles. The number of hydrogen-bond acceptors (Lipinski definition) is 6. The van der Waals surface area contributed by atoms with Crippen molar-refractivity contribution in [2.75, 3.05) is 31.1 Å². The van der Waals surface area contributed by atoms with E-state index in [0.717, 1.165) is 30.3 Å². The maximum Gasteiger partial charge on any atom is 0.340 e. The zero-order valence-electron chi connectivity index (χ0n) is 17.2. The van der Waals surface area contributed by atoms with E-state index >= 15 is 0 Å². The maximum absolute atomic E-state index is 13.1. The third-order valence-electron chi connectivity index (χ3n) is 4.86. The minimum atomic E-state index is -0.388. The molecule has 0 spiro atoms. The Morgan fingerprint density at radius 2 is 1.93 bits per heavy atom. The lowest BCUT2D eigenvalue weighted by Crippen LogP contribution is -2.35. The predicted octanol–water partition coefficient (Wildman–Crippen LogP) is 3.31. The fourth-order valence-corrected chi connectivity index (χ4v) is 4.36. The third-order valence-corrected chi connectivity index (χ3v) is 5.88. The molecule has 2 aromatic rings. The Kier molecular flexibility index (Phi) is 6.07. The molecule has 0 aromatic carbocycles. The number of ether oxygens (including phenoxy) is 1. The number of anilines is 1. The lowest BCUT2D eigenvalue weighted by atomic mass is 10.1. The van der Waals surface area contributed by atoms with E-state index in [9.17, 15) is 9.59 Å². The zero-order valence-corrected chi connectivity index (χ0v) is 18.0. The number of rotatable bonds is 4. The molecule has 1 saturated heterocycles. The molecule has 0 unspecified atom stereocenters. The van der Waals surface area contributed by atoms with Crippen LogP contribution in [-0.2, 0) is 4.74 Å². The smallest absolute Gasteiger partial charge is 0.340 e. The summed E-state index contributed by atoms with van der Waals surface area (Å²) in [5.74, 6) is -0.456. The highest BCUT2D eigenvalue weighted by atomic mass is 32.1. The first-order valence-electron chi connectivity index (χ1n) is 9.64. The molecule has 0 bridgehead atoms. The lowest BCUT2D eigenvalue weighted by molar-refractivity contribution is 0.0376. The highest BCUT2D eigenvalue weighted by Gasteiger charge is 2.28. The van der Waals surface area contributed by atoms with Crippen LogP contribution >= 0.6 is 11.3 Å². The summed E-state index contributed by atoms with van der Waals surface area (Å²) in [5.41, 5.74) is 3.29. The number of esters is 1. The van der Waals surface area contributed by atoms with Crippen molar-refractivity contribution in [3.8, 4) is 0 Å². The topological polar surface area (TPSA) is 78.5 Å². The molecule has 0 aliphatic carbocycles. The van der Waals surface area contributed by atoms with Crippen LogP contribution in [0.4, 0.5) is 5.13 Å². The van der Waals surface area contributed by atoms with E-state index < -0.39 is 0 Å². The van der Waals surface area contributed by atoms with Crippen molar-refractivity contribution in [3.63, 3.8) is 0 Å². The number of aromatic nitrogens is 2. The highest BCUT2D eigenvalue weighted by molar-refractivity contribution is 7.13. The van der Waals surface area contributed by atoms with E-state index in [1.165, 1.54) is 0 Å². The minimum Gasteiger partial charge on any atom is -0.459 e. The van der Waals surface area contributed by atoms with Crippen LogP contribution < -0.4 is 4.90 Å². The van der Waals surface area contributed by atoms with Crippen LogP contribution in [-0.4, -0.2) is 59.0 Å². The van der Waals surface area contributed by atoms with Crippen LogP contribution in [0.15, 0.2) is 5.38 Å². The van der Waals surface area contributed by atoms with Crippen molar-refractivity contribution in [1.82, 2.24) is 14.9 Å². The van der Waals surface area contributed by atoms with Crippen molar-refractivity contribution >= 4 is 28.3 Å². The fourth-order valence-electron chi connectivity index (χ4n) is 3.50. The minimum absolute atomic E-state index is 0.0682. The second kappa shape index (κ2) is 8.34. The van der Waals surface area contributed by atoms with Gasteiger partial charge in [-0.2, -0.15) is 0 Å². The van der Waals surface area contributed by atoms with Gasteiger partial charge in [-0.15, -0.1) is 11.3 Å². The molecule has 8 heteroatoms. The lowest BCUT2D eigenvalue weighted by Gasteiger charge is -2.21. The van der Waals surface area contributed by atoms with Crippen LogP contribution in [0.1, 0.15) is 58.1 Å². The van der Waals surface area contributed by atoms with E-state index in [-0.39, 0.29) is 18.0 Å². The van der Waals surface area contributed by atoms with Gasteiger partial charge >= 0.3 is 5.97 Å². The Labute approximate surface area is 169 Å². The van der Waals surface area contributed by atoms with Crippen LogP contribution in [0.2, 0.25) is 0 Å². The number of aromatic amines is 1. The molecule has 1 amide bonds. The molecule has 0 atom stereocenters. The Balaban J connectivity index is 1.74. The molecule has 28 heavy (non-hydrogen) atoms. The molecular formula is C20H28N4O3S. The Morgan fingerprint density at radius 3 is 2.57 bits per heavy atom. The standard InChI is InChI=1S/C20H28N4O3S/c1-12(2)27-19(26)16-14(4)17(22-15(16)5)18(25)23-7-6-8-24(10-9-23)20-21-13(3)11-28-20/h11-12,22H,6-10H2,1-5H3. The molecule has 7 nitrogen and oxygen atoms in total. The van der Waals surface area contributed by atoms with Crippen LogP contribution in [0.5, 0.6) is 0 Å². The van der Waals surface area contributed by atoms with Gasteiger partial charge in [-0.05, 0) is 46.6 Å². The van der Waals surface area contributed by atoms with Gasteiger partial charge in [-0.1, -0.05) is 0 Å². The normalized spacial score (nSPS) is 15.1. The molecule has 2 aromatic heterocycles. The number of nitrogens with one attached hydrogen (secondary N) is 1. The summed E-state index contributed by atoms with van der Waals surface area (Å²) in [5, 5.41) is 3.06. The van der Waals surface area contributed by atoms with Gasteiger partial charge in [0.05, 0.1) is 17.4 Å². The number of amides is 1. The summed E-state index contributed by atoms with van der Waals surface area (Å²) in [6, 6.07) is 0. The monoisotopic (exact) mass is 404 g/mol. The van der Waals surface area contributed by atoms with Gasteiger partial charge in [0.25, 0.3) is 5.91 Å². The van der Waals surface area contributed by atoms with Gasteiger partial charge in [-0.25, -0.2) is 9.78 Å². The fraction of sp³-hybridized carbons (Fsp3) is 0.550. The van der Waals surface area contributed by atoms with Crippen LogP contribution in [0.3, 0.4) is 0 Å². The Hall–Kier alpha value is -2.35. The molecule has 1 aliphatic rings. The number of carbonyl (C=O) groups excluding carboxylic acids is 2. The third kappa shape index (κ3) is 4.22. The quantitative estimate of drug-likeness (QED) is 0.791. The van der Waals surface area contributed by atoms with Gasteiger partial charge in [0.1, 0.15) is 5.69 Å². The van der Waals surface area contributed by atoms with Crippen molar-refractivity contribution in [1.29, 1.82) is 0 Å². The number of hydrogen-bond donors (Lipinski definition) is 1. The van der Waals surface area contributed by atoms with Crippen molar-refractivity contribution in [2.45, 2.75) is 47.1 Å². The number of aryl methyl sites for hydroxylation is 2. The summed E-state index contributed by atoms with van der Waals surface area (Å²) in [7, 11) is 0. The molecule has 1 fully saturated rings. The van der Waals surface area contributed by atoms with Gasteiger partial charge in [-0.3, -0.25) is 4.79 Å². The van der Waals surface area contributed by atoms with Crippen LogP contribution in [0, 0.1) is 20.8 Å². The van der Waals surface area contributed by atoms with Gasteiger partial charge in [0.15, 0.2) is 5.13 Å². The summed E-state index contributed by atoms with van der Waals surface area (Å²) in [6.07, 6.45) is 0.678. The molecule has 152 valence electrons. The highest BCUT2D eigenvalue weighted by Crippen LogP contribution is 2.24. The summed E-state index contributed by atoms with van der Waals surface area (Å²) in [4.78, 5) is 37.3. The molecule has 1 aliphatic heterocycles. The van der Waals surface area contributed by atoms with E-state index in [2.05, 4.69) is 14.9 Å². The average molecular weight is 405 g/mol. The van der Waals surface area contributed by atoms with Crippen molar-refractivity contribution in [2.24, 2.45) is 0 Å². The number of thiazole rings is 1. The van der Waals surface area contributed by atoms with E-state index in [1.807, 2.05) is 31.1 Å². The SMILES string of the molecule is Cc1csc(N2CCCN(C(=O)c3[nH]c(C)c(C(=O)OC(C)C)c3C)CC2)n1. The second-order valence-electron chi connectivity index (χ2n) is 7.48. The van der Waals surface area contributed by atoms with Gasteiger partial charge in [0, 0.05) is 37.3 Å². The predicted molar refractivity (Wildman–Crippen MR) is 110 cm³/mol. The maximum atomic E-state index is 13.1. The first kappa shape index (κ1) is 20.4. The largest absolute Gasteiger partial charge is 0.459 e. The summed E-state index contributed by atoms with van der Waals surface area (Å²) >= 11 is 1.64. The molecule has 0 saturated carbocycles. The van der Waals surface area contributed by atoms with E-state index in [1.54, 1.807) is 25.2 Å². The summed E-state index contributed by atoms with van der Waals surface area (Å²) < 4.78 is 5.33. The number of carbonyl (C=O) groups is 2. The first-order valence-corrected chi connectivity index (χ1v) is 10.5. The Bertz CT molecular complexity index is 871. The van der Waals surface area contributed by atoms with E-state index in [0.29, 0.717) is 35.6 Å². The van der Waals surface area contributed by atoms with Gasteiger partial charge in [0.2, 0.25) is 0 Å². The molecule has 3 rings (SSSR count). The number of H-pyrrole nitrogens is 1. The van der Waals surface area contributed by atoms with E-state index in [4.69, 9.17) is 4.74 Å². The molecule has 1 N–H and O–H groups in total. The van der Waals surface area contributed by atoms with Crippen LogP contribution in [0.25, 0.3) is 0 Å². The average Bonchev–Trinajstić information content (AvgIpc) is 3.07. The number of nitrogens with zero attached hydrogens (tertiary/aromatic N) is 3. The second-order valence-corrected chi connectivity index (χ2v) is 8.32.